The Balaban J connectivity index is 2.65. The summed E-state index contributed by atoms with van der Waals surface area (Å²) < 4.78 is 0. The van der Waals surface area contributed by atoms with Crippen LogP contribution in [0.1, 0.15) is 37.2 Å². The number of hydrogen-bond donors (Lipinski definition) is 0. The molecule has 2 nitrogen and oxygen atoms in total. The lowest BCUT2D eigenvalue weighted by Gasteiger charge is -2.04. The summed E-state index contributed by atoms with van der Waals surface area (Å²) in [5, 5.41) is 0.446. The topological polar surface area (TPSA) is 30.0 Å². The molecule has 1 aromatic rings. The third-order valence-electron chi connectivity index (χ3n) is 1.97. The summed E-state index contributed by atoms with van der Waals surface area (Å²) in [6.07, 6.45) is 2.99. The van der Waals surface area contributed by atoms with Crippen LogP contribution in [-0.2, 0) is 0 Å². The Kier molecular flexibility index (Phi) is 4.08. The first kappa shape index (κ1) is 11.2. The summed E-state index contributed by atoms with van der Waals surface area (Å²) in [7, 11) is 0. The predicted octanol–water partition coefficient (Wildman–Crippen LogP) is 3.35. The van der Waals surface area contributed by atoms with Gasteiger partial charge in [0.25, 0.3) is 0 Å². The maximum Gasteiger partial charge on any atom is 0.182 e. The van der Waals surface area contributed by atoms with Gasteiger partial charge in [-0.1, -0.05) is 25.4 Å². The fourth-order valence-corrected chi connectivity index (χ4v) is 1.36. The summed E-state index contributed by atoms with van der Waals surface area (Å²) in [5.74, 6) is 0.561. The summed E-state index contributed by atoms with van der Waals surface area (Å²) in [4.78, 5) is 15.6. The van der Waals surface area contributed by atoms with E-state index in [2.05, 4.69) is 18.8 Å². The first-order valence-corrected chi connectivity index (χ1v) is 5.12. The van der Waals surface area contributed by atoms with Crippen LogP contribution >= 0.6 is 11.6 Å². The standard InChI is InChI=1S/C11H14ClNO/c1-8(2)5-6-10(14)11-9(12)4-3-7-13-11/h3-4,7-8H,5-6H2,1-2H3. The Bertz CT molecular complexity index is 323. The molecular weight excluding hydrogens is 198 g/mol. The second-order valence-corrected chi connectivity index (χ2v) is 4.10. The molecule has 0 amide bonds. The van der Waals surface area contributed by atoms with Gasteiger partial charge in [-0.3, -0.25) is 9.78 Å². The highest BCUT2D eigenvalue weighted by Crippen LogP contribution is 2.16. The third-order valence-corrected chi connectivity index (χ3v) is 2.28. The van der Waals surface area contributed by atoms with Crippen LogP contribution in [0.15, 0.2) is 18.3 Å². The minimum Gasteiger partial charge on any atom is -0.292 e. The van der Waals surface area contributed by atoms with E-state index >= 15 is 0 Å². The molecule has 3 heteroatoms. The molecule has 1 aromatic heterocycles. The smallest absolute Gasteiger partial charge is 0.182 e. The Morgan fingerprint density at radius 1 is 1.57 bits per heavy atom. The van der Waals surface area contributed by atoms with E-state index in [1.807, 2.05) is 0 Å². The van der Waals surface area contributed by atoms with Crippen molar-refractivity contribution in [3.8, 4) is 0 Å². The number of hydrogen-bond acceptors (Lipinski definition) is 2. The zero-order valence-electron chi connectivity index (χ0n) is 8.46. The number of aromatic nitrogens is 1. The molecule has 0 aromatic carbocycles. The number of nitrogens with zero attached hydrogens (tertiary/aromatic N) is 1. The van der Waals surface area contributed by atoms with E-state index in [1.165, 1.54) is 0 Å². The Hall–Kier alpha value is -0.890. The van der Waals surface area contributed by atoms with Crippen LogP contribution in [0, 0.1) is 5.92 Å². The molecule has 0 saturated heterocycles. The Labute approximate surface area is 89.3 Å². The van der Waals surface area contributed by atoms with Crippen molar-refractivity contribution >= 4 is 17.4 Å². The van der Waals surface area contributed by atoms with Gasteiger partial charge in [0, 0.05) is 12.6 Å². The van der Waals surface area contributed by atoms with E-state index in [9.17, 15) is 4.79 Å². The van der Waals surface area contributed by atoms with Crippen LogP contribution in [-0.4, -0.2) is 10.8 Å². The minimum atomic E-state index is 0.0318. The predicted molar refractivity (Wildman–Crippen MR) is 57.6 cm³/mol. The minimum absolute atomic E-state index is 0.0318. The van der Waals surface area contributed by atoms with Crippen molar-refractivity contribution in [3.05, 3.63) is 29.0 Å². The van der Waals surface area contributed by atoms with Crippen molar-refractivity contribution in [1.82, 2.24) is 4.98 Å². The maximum atomic E-state index is 11.6. The van der Waals surface area contributed by atoms with Gasteiger partial charge in [0.1, 0.15) is 5.69 Å². The number of rotatable bonds is 4. The van der Waals surface area contributed by atoms with Gasteiger partial charge in [0.2, 0.25) is 0 Å². The van der Waals surface area contributed by atoms with Crippen molar-refractivity contribution < 1.29 is 4.79 Å². The average Bonchev–Trinajstić information content (AvgIpc) is 2.15. The quantitative estimate of drug-likeness (QED) is 0.715. The number of carbonyl (C=O) groups excluding carboxylic acids is 1. The molecule has 0 saturated carbocycles. The zero-order chi connectivity index (χ0) is 10.6. The van der Waals surface area contributed by atoms with E-state index in [-0.39, 0.29) is 5.78 Å². The van der Waals surface area contributed by atoms with Gasteiger partial charge < -0.3 is 0 Å². The lowest BCUT2D eigenvalue weighted by molar-refractivity contribution is 0.0971. The van der Waals surface area contributed by atoms with Crippen molar-refractivity contribution in [2.45, 2.75) is 26.7 Å². The van der Waals surface area contributed by atoms with Crippen LogP contribution in [0.2, 0.25) is 5.02 Å². The molecule has 0 aliphatic heterocycles. The fourth-order valence-electron chi connectivity index (χ4n) is 1.13. The molecule has 0 aliphatic carbocycles. The van der Waals surface area contributed by atoms with Crippen LogP contribution in [0.25, 0.3) is 0 Å². The van der Waals surface area contributed by atoms with Crippen molar-refractivity contribution in [3.63, 3.8) is 0 Å². The van der Waals surface area contributed by atoms with E-state index in [1.54, 1.807) is 18.3 Å². The molecule has 0 aliphatic rings. The highest BCUT2D eigenvalue weighted by Gasteiger charge is 2.11. The number of halogens is 1. The van der Waals surface area contributed by atoms with Crippen molar-refractivity contribution in [2.24, 2.45) is 5.92 Å². The average molecular weight is 212 g/mol. The number of pyridine rings is 1. The van der Waals surface area contributed by atoms with Gasteiger partial charge in [0.15, 0.2) is 5.78 Å². The van der Waals surface area contributed by atoms with Gasteiger partial charge in [0.05, 0.1) is 5.02 Å². The summed E-state index contributed by atoms with van der Waals surface area (Å²) in [6.45, 7) is 4.18. The molecule has 76 valence electrons. The first-order chi connectivity index (χ1) is 6.61. The summed E-state index contributed by atoms with van der Waals surface area (Å²) >= 11 is 5.85. The van der Waals surface area contributed by atoms with Gasteiger partial charge >= 0.3 is 0 Å². The number of Topliss-reactive ketones (excluding diaryl/α,β-unsaturated/α-hetero) is 1. The van der Waals surface area contributed by atoms with Crippen LogP contribution in [0.5, 0.6) is 0 Å². The maximum absolute atomic E-state index is 11.6. The fraction of sp³-hybridized carbons (Fsp3) is 0.455. The summed E-state index contributed by atoms with van der Waals surface area (Å²) in [5.41, 5.74) is 0.398. The molecule has 0 bridgehead atoms. The second-order valence-electron chi connectivity index (χ2n) is 3.69. The van der Waals surface area contributed by atoms with Gasteiger partial charge in [-0.05, 0) is 24.5 Å². The molecule has 1 heterocycles. The first-order valence-electron chi connectivity index (χ1n) is 4.75. The van der Waals surface area contributed by atoms with Crippen LogP contribution < -0.4 is 0 Å². The van der Waals surface area contributed by atoms with Crippen LogP contribution in [0.4, 0.5) is 0 Å². The monoisotopic (exact) mass is 211 g/mol. The van der Waals surface area contributed by atoms with Gasteiger partial charge in [-0.25, -0.2) is 0 Å². The lowest BCUT2D eigenvalue weighted by atomic mass is 10.0. The molecule has 14 heavy (non-hydrogen) atoms. The molecule has 0 N–H and O–H groups in total. The molecule has 1 rings (SSSR count). The van der Waals surface area contributed by atoms with E-state index in [0.29, 0.717) is 23.1 Å². The van der Waals surface area contributed by atoms with Gasteiger partial charge in [-0.2, -0.15) is 0 Å². The molecule has 0 radical (unpaired) electrons. The molecule has 0 spiro atoms. The molecular formula is C11H14ClNO. The van der Waals surface area contributed by atoms with Crippen molar-refractivity contribution in [2.75, 3.05) is 0 Å². The lowest BCUT2D eigenvalue weighted by Crippen LogP contribution is -2.04. The van der Waals surface area contributed by atoms with Crippen LogP contribution in [0.3, 0.4) is 0 Å². The second kappa shape index (κ2) is 5.11. The van der Waals surface area contributed by atoms with Gasteiger partial charge in [-0.15, -0.1) is 0 Å². The molecule has 0 unspecified atom stereocenters. The van der Waals surface area contributed by atoms with E-state index < -0.39 is 0 Å². The van der Waals surface area contributed by atoms with E-state index in [4.69, 9.17) is 11.6 Å². The Morgan fingerprint density at radius 2 is 2.29 bits per heavy atom. The normalized spacial score (nSPS) is 10.6. The highest BCUT2D eigenvalue weighted by atomic mass is 35.5. The number of carbonyl (C=O) groups is 1. The summed E-state index contributed by atoms with van der Waals surface area (Å²) in [6, 6.07) is 3.42. The highest BCUT2D eigenvalue weighted by molar-refractivity contribution is 6.33. The largest absolute Gasteiger partial charge is 0.292 e. The van der Waals surface area contributed by atoms with Crippen molar-refractivity contribution in [1.29, 1.82) is 0 Å². The van der Waals surface area contributed by atoms with E-state index in [0.717, 1.165) is 6.42 Å². The molecule has 0 atom stereocenters. The SMILES string of the molecule is CC(C)CCC(=O)c1ncccc1Cl. The Morgan fingerprint density at radius 3 is 2.86 bits per heavy atom. The number of ketones is 1. The zero-order valence-corrected chi connectivity index (χ0v) is 9.21. The third kappa shape index (κ3) is 3.11. The molecule has 0 fully saturated rings.